The van der Waals surface area contributed by atoms with Crippen molar-refractivity contribution in [3.05, 3.63) is 33.9 Å². The third-order valence-corrected chi connectivity index (χ3v) is 2.49. The molecule has 8 nitrogen and oxygen atoms in total. The van der Waals surface area contributed by atoms with E-state index in [1.165, 1.54) is 19.2 Å². The minimum atomic E-state index is -0.669. The molecule has 0 saturated carbocycles. The van der Waals surface area contributed by atoms with Gasteiger partial charge < -0.3 is 15.4 Å². The summed E-state index contributed by atoms with van der Waals surface area (Å²) < 4.78 is 4.72. The summed E-state index contributed by atoms with van der Waals surface area (Å²) >= 11 is 0. The van der Waals surface area contributed by atoms with Gasteiger partial charge in [-0.2, -0.15) is 0 Å². The topological polar surface area (TPSA) is 116 Å². The summed E-state index contributed by atoms with van der Waals surface area (Å²) in [6.07, 6.45) is 0. The van der Waals surface area contributed by atoms with Gasteiger partial charge in [0.05, 0.1) is 11.5 Å². The highest BCUT2D eigenvalue weighted by Crippen LogP contribution is 2.22. The average molecular weight is 281 g/mol. The number of hydrogen-bond donors (Lipinski definition) is 1. The van der Waals surface area contributed by atoms with Gasteiger partial charge in [0.1, 0.15) is 12.2 Å². The van der Waals surface area contributed by atoms with Crippen LogP contribution in [-0.2, 0) is 9.53 Å². The quantitative estimate of drug-likeness (QED) is 0.369. The number of nitrogens with zero attached hydrogens (tertiary/aromatic N) is 2. The molecule has 0 unspecified atom stereocenters. The van der Waals surface area contributed by atoms with Crippen LogP contribution in [0.3, 0.4) is 0 Å². The maximum absolute atomic E-state index is 12.0. The fourth-order valence-electron chi connectivity index (χ4n) is 1.53. The number of nitro groups is 1. The van der Waals surface area contributed by atoms with Gasteiger partial charge in [-0.1, -0.05) is 0 Å². The average Bonchev–Trinajstić information content (AvgIpc) is 2.38. The van der Waals surface area contributed by atoms with Crippen molar-refractivity contribution in [2.75, 3.05) is 25.9 Å². The minimum absolute atomic E-state index is 0.0282. The summed E-state index contributed by atoms with van der Waals surface area (Å²) in [6, 6.07) is 3.73. The van der Waals surface area contributed by atoms with Gasteiger partial charge in [0, 0.05) is 18.7 Å². The maximum Gasteiger partial charge on any atom is 0.325 e. The molecule has 1 amide bonds. The van der Waals surface area contributed by atoms with Crippen LogP contribution < -0.4 is 5.73 Å². The molecule has 2 N–H and O–H groups in total. The van der Waals surface area contributed by atoms with Crippen molar-refractivity contribution in [1.29, 1.82) is 0 Å². The smallest absolute Gasteiger partial charge is 0.325 e. The van der Waals surface area contributed by atoms with Crippen molar-refractivity contribution in [2.45, 2.75) is 6.92 Å². The molecule has 0 atom stereocenters. The van der Waals surface area contributed by atoms with Gasteiger partial charge in [-0.25, -0.2) is 0 Å². The second-order valence-electron chi connectivity index (χ2n) is 4.00. The van der Waals surface area contributed by atoms with Crippen molar-refractivity contribution >= 4 is 23.3 Å². The molecule has 0 aliphatic rings. The first-order chi connectivity index (χ1) is 9.36. The number of amides is 1. The molecule has 0 aliphatic heterocycles. The van der Waals surface area contributed by atoms with Crippen LogP contribution in [0, 0.1) is 10.1 Å². The number of ether oxygens (including phenoxy) is 1. The zero-order valence-electron chi connectivity index (χ0n) is 11.2. The van der Waals surface area contributed by atoms with Crippen LogP contribution in [0.25, 0.3) is 0 Å². The van der Waals surface area contributed by atoms with E-state index >= 15 is 0 Å². The number of carbonyl (C=O) groups is 2. The molecule has 0 saturated heterocycles. The van der Waals surface area contributed by atoms with Gasteiger partial charge in [-0.15, -0.1) is 0 Å². The Labute approximate surface area is 115 Å². The van der Waals surface area contributed by atoms with Crippen molar-refractivity contribution in [3.63, 3.8) is 0 Å². The molecule has 1 aromatic carbocycles. The third kappa shape index (κ3) is 3.67. The van der Waals surface area contributed by atoms with Crippen molar-refractivity contribution in [1.82, 2.24) is 4.90 Å². The summed E-state index contributed by atoms with van der Waals surface area (Å²) in [7, 11) is 1.40. The summed E-state index contributed by atoms with van der Waals surface area (Å²) in [5.74, 6) is -1.07. The summed E-state index contributed by atoms with van der Waals surface area (Å²) in [4.78, 5) is 34.5. The number of benzene rings is 1. The lowest BCUT2D eigenvalue weighted by Gasteiger charge is -2.16. The number of rotatable bonds is 5. The highest BCUT2D eigenvalue weighted by Gasteiger charge is 2.19. The van der Waals surface area contributed by atoms with Gasteiger partial charge in [-0.3, -0.25) is 19.7 Å². The molecule has 0 aliphatic carbocycles. The van der Waals surface area contributed by atoms with E-state index < -0.39 is 16.8 Å². The van der Waals surface area contributed by atoms with Gasteiger partial charge >= 0.3 is 5.97 Å². The molecule has 0 heterocycles. The number of esters is 1. The molecule has 0 spiro atoms. The fourth-order valence-corrected chi connectivity index (χ4v) is 1.53. The van der Waals surface area contributed by atoms with Crippen LogP contribution in [0.15, 0.2) is 18.2 Å². The van der Waals surface area contributed by atoms with Crippen LogP contribution in [0.5, 0.6) is 0 Å². The molecule has 0 bridgehead atoms. The highest BCUT2D eigenvalue weighted by molar-refractivity contribution is 5.97. The standard InChI is InChI=1S/C12H15N3O5/c1-3-20-11(16)7-14(2)12(17)8-4-5-9(13)10(6-8)15(18)19/h4-6H,3,7,13H2,1-2H3. The number of likely N-dealkylation sites (N-methyl/N-ethyl adjacent to an activating group) is 1. The normalized spacial score (nSPS) is 9.90. The molecule has 1 aromatic rings. The Morgan fingerprint density at radius 3 is 2.65 bits per heavy atom. The van der Waals surface area contributed by atoms with E-state index in [0.717, 1.165) is 11.0 Å². The Hall–Kier alpha value is -2.64. The van der Waals surface area contributed by atoms with E-state index in [2.05, 4.69) is 0 Å². The lowest BCUT2D eigenvalue weighted by molar-refractivity contribution is -0.383. The molecule has 0 fully saturated rings. The zero-order valence-corrected chi connectivity index (χ0v) is 11.2. The maximum atomic E-state index is 12.0. The van der Waals surface area contributed by atoms with Crippen LogP contribution in [0.2, 0.25) is 0 Å². The number of nitrogen functional groups attached to an aromatic ring is 1. The zero-order chi connectivity index (χ0) is 15.3. The molecule has 108 valence electrons. The minimum Gasteiger partial charge on any atom is -0.465 e. The lowest BCUT2D eigenvalue weighted by atomic mass is 10.1. The summed E-state index contributed by atoms with van der Waals surface area (Å²) in [5.41, 5.74) is 5.15. The molecule has 0 radical (unpaired) electrons. The first-order valence-corrected chi connectivity index (χ1v) is 5.81. The van der Waals surface area contributed by atoms with Crippen LogP contribution in [0.4, 0.5) is 11.4 Å². The van der Waals surface area contributed by atoms with Crippen molar-refractivity contribution in [3.8, 4) is 0 Å². The highest BCUT2D eigenvalue weighted by atomic mass is 16.6. The van der Waals surface area contributed by atoms with Crippen LogP contribution in [-0.4, -0.2) is 41.9 Å². The molecule has 1 rings (SSSR count). The van der Waals surface area contributed by atoms with Crippen LogP contribution in [0.1, 0.15) is 17.3 Å². The molecule has 20 heavy (non-hydrogen) atoms. The second kappa shape index (κ2) is 6.50. The van der Waals surface area contributed by atoms with E-state index in [4.69, 9.17) is 10.5 Å². The third-order valence-electron chi connectivity index (χ3n) is 2.49. The number of carbonyl (C=O) groups excluding carboxylic acids is 2. The van der Waals surface area contributed by atoms with Gasteiger partial charge in [-0.05, 0) is 19.1 Å². The largest absolute Gasteiger partial charge is 0.465 e. The van der Waals surface area contributed by atoms with Gasteiger partial charge in [0.2, 0.25) is 0 Å². The number of nitrogens with two attached hydrogens (primary N) is 1. The Morgan fingerprint density at radius 2 is 2.10 bits per heavy atom. The van der Waals surface area contributed by atoms with Gasteiger partial charge in [0.15, 0.2) is 0 Å². The molecule has 0 aromatic heterocycles. The predicted octanol–water partition coefficient (Wildman–Crippen LogP) is 0.812. The van der Waals surface area contributed by atoms with Crippen LogP contribution >= 0.6 is 0 Å². The lowest BCUT2D eigenvalue weighted by Crippen LogP contribution is -2.33. The Morgan fingerprint density at radius 1 is 1.45 bits per heavy atom. The van der Waals surface area contributed by atoms with Gasteiger partial charge in [0.25, 0.3) is 11.6 Å². The monoisotopic (exact) mass is 281 g/mol. The van der Waals surface area contributed by atoms with E-state index in [0.29, 0.717) is 0 Å². The first kappa shape index (κ1) is 15.4. The first-order valence-electron chi connectivity index (χ1n) is 5.81. The van der Waals surface area contributed by atoms with Crippen molar-refractivity contribution < 1.29 is 19.2 Å². The number of nitro benzene ring substituents is 1. The summed E-state index contributed by atoms with van der Waals surface area (Å²) in [5, 5.41) is 10.8. The van der Waals surface area contributed by atoms with E-state index in [9.17, 15) is 19.7 Å². The molecular formula is C12H15N3O5. The second-order valence-corrected chi connectivity index (χ2v) is 4.00. The predicted molar refractivity (Wildman–Crippen MR) is 71.1 cm³/mol. The Balaban J connectivity index is 2.89. The van der Waals surface area contributed by atoms with Crippen molar-refractivity contribution in [2.24, 2.45) is 0 Å². The SMILES string of the molecule is CCOC(=O)CN(C)C(=O)c1ccc(N)c([N+](=O)[O-])c1. The number of hydrogen-bond acceptors (Lipinski definition) is 6. The Kier molecular flexibility index (Phi) is 5.01. The van der Waals surface area contributed by atoms with E-state index in [1.807, 2.05) is 0 Å². The molecule has 8 heteroatoms. The molecular weight excluding hydrogens is 266 g/mol. The summed E-state index contributed by atoms with van der Waals surface area (Å²) in [6.45, 7) is 1.64. The van der Waals surface area contributed by atoms with E-state index in [1.54, 1.807) is 6.92 Å². The fraction of sp³-hybridized carbons (Fsp3) is 0.333. The Bertz CT molecular complexity index is 544. The van der Waals surface area contributed by atoms with E-state index in [-0.39, 0.29) is 30.1 Å². The number of anilines is 1.